The van der Waals surface area contributed by atoms with E-state index in [1.165, 1.54) is 55.7 Å². The number of halogens is 2. The highest BCUT2D eigenvalue weighted by Crippen LogP contribution is 2.65. The van der Waals surface area contributed by atoms with Crippen LogP contribution in [0.5, 0.6) is 0 Å². The zero-order chi connectivity index (χ0) is 25.9. The lowest BCUT2D eigenvalue weighted by atomic mass is 9.54. The van der Waals surface area contributed by atoms with E-state index in [9.17, 15) is 0 Å². The molecule has 0 N–H and O–H groups in total. The molecule has 0 bridgehead atoms. The van der Waals surface area contributed by atoms with Gasteiger partial charge in [0.2, 0.25) is 0 Å². The van der Waals surface area contributed by atoms with Crippen molar-refractivity contribution in [1.82, 2.24) is 0 Å². The molecule has 0 fully saturated rings. The van der Waals surface area contributed by atoms with Gasteiger partial charge in [0.05, 0.1) is 0 Å². The van der Waals surface area contributed by atoms with Crippen molar-refractivity contribution < 1.29 is 0 Å². The predicted octanol–water partition coefficient (Wildman–Crippen LogP) is 10.1. The second-order valence-corrected chi connectivity index (χ2v) is 11.3. The molecule has 0 spiro atoms. The molecule has 184 valence electrons. The minimum atomic E-state index is -0.463. The molecule has 4 aromatic carbocycles. The molecular weight excluding hydrogens is 491 g/mol. The number of allylic oxidation sites excluding steroid dienone is 2. The standard InChI is InChI=1S/C35H30Cl2/c1-21-13-11-19-27-29(21)33(36)23(3)31(27)35(25-15-7-5-8-16-25,26-17-9-6-10-18-26)32-24(4)34(37)30-22(2)14-12-20-28(30)32/h5-20,31-32H,1-4H3. The van der Waals surface area contributed by atoms with Crippen molar-refractivity contribution >= 4 is 33.3 Å². The summed E-state index contributed by atoms with van der Waals surface area (Å²) in [6.07, 6.45) is 0. The maximum Gasteiger partial charge on any atom is 0.0479 e. The summed E-state index contributed by atoms with van der Waals surface area (Å²) in [4.78, 5) is 0. The van der Waals surface area contributed by atoms with E-state index in [-0.39, 0.29) is 11.8 Å². The number of fused-ring (bicyclic) bond motifs is 2. The van der Waals surface area contributed by atoms with Crippen molar-refractivity contribution in [2.45, 2.75) is 44.9 Å². The highest BCUT2D eigenvalue weighted by atomic mass is 35.5. The molecule has 2 heteroatoms. The van der Waals surface area contributed by atoms with Crippen LogP contribution in [-0.4, -0.2) is 0 Å². The van der Waals surface area contributed by atoms with Gasteiger partial charge >= 0.3 is 0 Å². The van der Waals surface area contributed by atoms with Gasteiger partial charge in [-0.25, -0.2) is 0 Å². The third kappa shape index (κ3) is 3.36. The van der Waals surface area contributed by atoms with Gasteiger partial charge in [-0.15, -0.1) is 0 Å². The summed E-state index contributed by atoms with van der Waals surface area (Å²) in [6.45, 7) is 8.78. The van der Waals surface area contributed by atoms with Gasteiger partial charge in [0.25, 0.3) is 0 Å². The lowest BCUT2D eigenvalue weighted by molar-refractivity contribution is 0.400. The first-order chi connectivity index (χ1) is 17.9. The Balaban J connectivity index is 1.81. The molecular formula is C35H30Cl2. The van der Waals surface area contributed by atoms with Crippen LogP contribution < -0.4 is 0 Å². The fraction of sp³-hybridized carbons (Fsp3) is 0.200. The first-order valence-corrected chi connectivity index (χ1v) is 13.7. The summed E-state index contributed by atoms with van der Waals surface area (Å²) >= 11 is 14.4. The van der Waals surface area contributed by atoms with Crippen molar-refractivity contribution in [2.75, 3.05) is 0 Å². The Kier molecular flexibility index (Phi) is 5.94. The molecule has 0 saturated heterocycles. The highest BCUT2D eigenvalue weighted by Gasteiger charge is 2.55. The fourth-order valence-corrected chi connectivity index (χ4v) is 7.91. The number of hydrogen-bond acceptors (Lipinski definition) is 0. The molecule has 0 aliphatic heterocycles. The summed E-state index contributed by atoms with van der Waals surface area (Å²) in [5.41, 5.74) is 11.9. The summed E-state index contributed by atoms with van der Waals surface area (Å²) in [5.74, 6) is 0.0751. The number of rotatable bonds is 4. The molecule has 0 amide bonds. The van der Waals surface area contributed by atoms with Crippen LogP contribution in [0.3, 0.4) is 0 Å². The third-order valence-electron chi connectivity index (χ3n) is 8.64. The van der Waals surface area contributed by atoms with Crippen LogP contribution >= 0.6 is 23.2 Å². The average Bonchev–Trinajstić information content (AvgIpc) is 3.33. The lowest BCUT2D eigenvalue weighted by Crippen LogP contribution is -2.41. The van der Waals surface area contributed by atoms with Gasteiger partial charge in [-0.2, -0.15) is 0 Å². The van der Waals surface area contributed by atoms with E-state index in [2.05, 4.69) is 125 Å². The summed E-state index contributed by atoms with van der Waals surface area (Å²) < 4.78 is 0. The van der Waals surface area contributed by atoms with Gasteiger partial charge in [0.15, 0.2) is 0 Å². The van der Waals surface area contributed by atoms with Gasteiger partial charge in [-0.1, -0.05) is 120 Å². The Bertz CT molecular complexity index is 1450. The SMILES string of the molecule is CC1=C(Cl)c2c(C)cccc2C1C(c1ccccc1)(c1ccccc1)C1C(C)=C(Cl)c2c(C)cccc21. The van der Waals surface area contributed by atoms with E-state index in [1.807, 2.05) is 0 Å². The largest absolute Gasteiger partial charge is 0.0837 e. The topological polar surface area (TPSA) is 0 Å². The number of hydrogen-bond donors (Lipinski definition) is 0. The maximum atomic E-state index is 7.21. The van der Waals surface area contributed by atoms with Crippen LogP contribution in [0.1, 0.15) is 70.2 Å². The van der Waals surface area contributed by atoms with Gasteiger partial charge < -0.3 is 0 Å². The molecule has 0 heterocycles. The van der Waals surface area contributed by atoms with Gasteiger partial charge in [0.1, 0.15) is 0 Å². The zero-order valence-corrected chi connectivity index (χ0v) is 23.2. The smallest absolute Gasteiger partial charge is 0.0479 e. The normalized spacial score (nSPS) is 18.9. The quantitative estimate of drug-likeness (QED) is 0.251. The third-order valence-corrected chi connectivity index (χ3v) is 9.62. The van der Waals surface area contributed by atoms with Gasteiger partial charge in [-0.05, 0) is 83.3 Å². The Morgan fingerprint density at radius 2 is 0.865 bits per heavy atom. The average molecular weight is 522 g/mol. The van der Waals surface area contributed by atoms with Crippen LogP contribution in [0, 0.1) is 13.8 Å². The monoisotopic (exact) mass is 520 g/mol. The first kappa shape index (κ1) is 24.3. The minimum absolute atomic E-state index is 0.0376. The summed E-state index contributed by atoms with van der Waals surface area (Å²) in [5, 5.41) is 1.76. The second-order valence-electron chi connectivity index (χ2n) is 10.5. The van der Waals surface area contributed by atoms with Crippen LogP contribution in [0.4, 0.5) is 0 Å². The van der Waals surface area contributed by atoms with Crippen LogP contribution in [0.15, 0.2) is 108 Å². The van der Waals surface area contributed by atoms with Crippen LogP contribution in [0.2, 0.25) is 0 Å². The van der Waals surface area contributed by atoms with E-state index in [1.54, 1.807) is 0 Å². The maximum absolute atomic E-state index is 7.21. The molecule has 37 heavy (non-hydrogen) atoms. The number of benzene rings is 4. The summed E-state index contributed by atoms with van der Waals surface area (Å²) in [7, 11) is 0. The second kappa shape index (κ2) is 9.05. The van der Waals surface area contributed by atoms with Gasteiger partial charge in [-0.3, -0.25) is 0 Å². The fourth-order valence-electron chi connectivity index (χ4n) is 7.18. The van der Waals surface area contributed by atoms with Gasteiger partial charge in [0, 0.05) is 27.3 Å². The molecule has 2 atom stereocenters. The van der Waals surface area contributed by atoms with Crippen molar-refractivity contribution in [3.05, 3.63) is 153 Å². The minimum Gasteiger partial charge on any atom is -0.0837 e. The molecule has 2 aliphatic carbocycles. The van der Waals surface area contributed by atoms with E-state index >= 15 is 0 Å². The predicted molar refractivity (Wildman–Crippen MR) is 158 cm³/mol. The Hall–Kier alpha value is -3.06. The molecule has 0 radical (unpaired) electrons. The van der Waals surface area contributed by atoms with Crippen molar-refractivity contribution in [2.24, 2.45) is 0 Å². The Labute approximate surface area is 230 Å². The van der Waals surface area contributed by atoms with Crippen molar-refractivity contribution in [3.63, 3.8) is 0 Å². The number of aryl methyl sites for hydroxylation is 2. The van der Waals surface area contributed by atoms with Crippen molar-refractivity contribution in [3.8, 4) is 0 Å². The molecule has 2 aliphatic rings. The molecule has 0 aromatic heterocycles. The first-order valence-electron chi connectivity index (χ1n) is 12.9. The molecule has 2 unspecified atom stereocenters. The molecule has 0 saturated carbocycles. The Morgan fingerprint density at radius 3 is 1.24 bits per heavy atom. The van der Waals surface area contributed by atoms with E-state index in [0.29, 0.717) is 0 Å². The van der Waals surface area contributed by atoms with Crippen LogP contribution in [-0.2, 0) is 5.41 Å². The molecule has 0 nitrogen and oxygen atoms in total. The zero-order valence-electron chi connectivity index (χ0n) is 21.6. The van der Waals surface area contributed by atoms with Crippen LogP contribution in [0.25, 0.3) is 10.1 Å². The highest BCUT2D eigenvalue weighted by molar-refractivity contribution is 6.50. The van der Waals surface area contributed by atoms with E-state index in [4.69, 9.17) is 23.2 Å². The van der Waals surface area contributed by atoms with E-state index in [0.717, 1.165) is 10.1 Å². The van der Waals surface area contributed by atoms with Crippen molar-refractivity contribution in [1.29, 1.82) is 0 Å². The summed E-state index contributed by atoms with van der Waals surface area (Å²) in [6, 6.07) is 35.2. The molecule has 6 rings (SSSR count). The Morgan fingerprint density at radius 1 is 0.486 bits per heavy atom. The lowest BCUT2D eigenvalue weighted by Gasteiger charge is -2.47. The van der Waals surface area contributed by atoms with E-state index < -0.39 is 5.41 Å². The molecule has 4 aromatic rings.